The molecule has 0 spiro atoms. The van der Waals surface area contributed by atoms with E-state index < -0.39 is 0 Å². The van der Waals surface area contributed by atoms with E-state index in [2.05, 4.69) is 219 Å². The van der Waals surface area contributed by atoms with E-state index in [4.69, 9.17) is 9.97 Å². The number of hydrogen-bond donors (Lipinski definition) is 0. The van der Waals surface area contributed by atoms with Crippen molar-refractivity contribution in [2.45, 2.75) is 71.6 Å². The van der Waals surface area contributed by atoms with Crippen molar-refractivity contribution in [1.82, 2.24) is 28.2 Å². The molecule has 8 bridgehead atoms. The quantitative estimate of drug-likeness (QED) is 0.166. The van der Waals surface area contributed by atoms with E-state index in [1.165, 1.54) is 44.6 Å². The molecule has 6 nitrogen and oxygen atoms in total. The zero-order valence-electron chi connectivity index (χ0n) is 36.0. The van der Waals surface area contributed by atoms with Gasteiger partial charge in [0.05, 0.1) is 39.3 Å². The molecule has 0 unspecified atom stereocenters. The van der Waals surface area contributed by atoms with Crippen molar-refractivity contribution in [3.8, 4) is 22.7 Å². The monoisotopic (exact) mass is 792 g/mol. The van der Waals surface area contributed by atoms with E-state index in [1.54, 1.807) is 0 Å². The average molecular weight is 793 g/mol. The first-order valence-corrected chi connectivity index (χ1v) is 21.5. The number of fused-ring (bicyclic) bond motifs is 15. The van der Waals surface area contributed by atoms with Crippen LogP contribution in [0.25, 0.3) is 67.3 Å². The normalized spacial score (nSPS) is 15.6. The number of nitrogens with zero attached hydrogens (tertiary/aromatic N) is 6. The van der Waals surface area contributed by atoms with Crippen LogP contribution in [0.3, 0.4) is 0 Å². The molecule has 0 aliphatic carbocycles. The predicted molar refractivity (Wildman–Crippen MR) is 250 cm³/mol. The molecule has 3 aliphatic rings. The van der Waals surface area contributed by atoms with E-state index in [0.717, 1.165) is 67.2 Å². The highest BCUT2D eigenvalue weighted by Gasteiger charge is 2.37. The lowest BCUT2D eigenvalue weighted by molar-refractivity contribution is 0.622. The third-order valence-corrected chi connectivity index (χ3v) is 14.4. The molecule has 0 N–H and O–H groups in total. The first-order valence-electron chi connectivity index (χ1n) is 21.5. The van der Waals surface area contributed by atoms with Gasteiger partial charge in [-0.15, -0.1) is 0 Å². The second-order valence-corrected chi connectivity index (χ2v) is 18.9. The molecule has 0 amide bonds. The van der Waals surface area contributed by atoms with Gasteiger partial charge in [0.1, 0.15) is 11.3 Å². The molecule has 0 saturated heterocycles. The summed E-state index contributed by atoms with van der Waals surface area (Å²) in [5.41, 5.74) is 19.6. The van der Waals surface area contributed by atoms with Crippen LogP contribution in [0.2, 0.25) is 0 Å². The highest BCUT2D eigenvalue weighted by atomic mass is 15.2. The highest BCUT2D eigenvalue weighted by molar-refractivity contribution is 5.89. The number of aromatic nitrogens is 6. The number of benzene rings is 6. The molecule has 298 valence electrons. The zero-order chi connectivity index (χ0) is 41.7. The van der Waals surface area contributed by atoms with Gasteiger partial charge in [0, 0.05) is 38.9 Å². The number of para-hydroxylation sites is 4. The standard InChI is InChI=1S/C55H48N6/c1-33-16-15-17-34(2)50(33)58-32-43-35-24-26-40-47(30-35)59(44-21-12-9-18-37(44)53(40,3)4)36-25-27-41-48(31-36)60(45-22-13-10-19-38(45)54(41,5)6)49-29-28-42-51(57-49)61(52(58)56-43)46-23-14-11-20-39(46)55(42,7)8/h9-32H,1-8H3. The third kappa shape index (κ3) is 4.73. The topological polar surface area (TPSA) is 45.5 Å². The lowest BCUT2D eigenvalue weighted by atomic mass is 9.74. The molecular formula is C55H48N6. The summed E-state index contributed by atoms with van der Waals surface area (Å²) in [6, 6.07) is 51.8. The van der Waals surface area contributed by atoms with Crippen LogP contribution in [0, 0.1) is 13.8 Å². The Hall–Kier alpha value is -6.92. The number of rotatable bonds is 1. The van der Waals surface area contributed by atoms with Crippen molar-refractivity contribution in [1.29, 1.82) is 0 Å². The van der Waals surface area contributed by atoms with E-state index in [1.807, 2.05) is 0 Å². The van der Waals surface area contributed by atoms with Crippen molar-refractivity contribution in [2.24, 2.45) is 0 Å². The molecule has 6 heteroatoms. The van der Waals surface area contributed by atoms with Gasteiger partial charge in [-0.05, 0) is 95.3 Å². The number of pyridine rings is 1. The molecule has 6 aromatic carbocycles. The van der Waals surface area contributed by atoms with Crippen LogP contribution < -0.4 is 0 Å². The molecule has 0 fully saturated rings. The van der Waals surface area contributed by atoms with Gasteiger partial charge in [0.2, 0.25) is 5.78 Å². The van der Waals surface area contributed by atoms with E-state index in [0.29, 0.717) is 0 Å². The molecule has 6 heterocycles. The Bertz CT molecular complexity index is 3520. The van der Waals surface area contributed by atoms with Gasteiger partial charge < -0.3 is 4.57 Å². The predicted octanol–water partition coefficient (Wildman–Crippen LogP) is 13.0. The zero-order valence-corrected chi connectivity index (χ0v) is 36.0. The van der Waals surface area contributed by atoms with Gasteiger partial charge in [-0.2, -0.15) is 0 Å². The van der Waals surface area contributed by atoms with Crippen LogP contribution in [0.1, 0.15) is 86.1 Å². The van der Waals surface area contributed by atoms with E-state index in [9.17, 15) is 0 Å². The summed E-state index contributed by atoms with van der Waals surface area (Å²) in [5.74, 6) is 0.804. The Kier molecular flexibility index (Phi) is 7.14. The fourth-order valence-corrected chi connectivity index (χ4v) is 11.1. The van der Waals surface area contributed by atoms with Crippen LogP contribution in [0.4, 0.5) is 0 Å². The minimum Gasteiger partial charge on any atom is -0.310 e. The van der Waals surface area contributed by atoms with E-state index in [-0.39, 0.29) is 16.2 Å². The second-order valence-electron chi connectivity index (χ2n) is 18.9. The van der Waals surface area contributed by atoms with Crippen molar-refractivity contribution >= 4 is 44.5 Å². The van der Waals surface area contributed by atoms with Crippen LogP contribution in [-0.4, -0.2) is 28.2 Å². The summed E-state index contributed by atoms with van der Waals surface area (Å²) in [4.78, 5) is 11.6. The van der Waals surface area contributed by atoms with Gasteiger partial charge in [-0.25, -0.2) is 9.97 Å². The minimum absolute atomic E-state index is 0.238. The SMILES string of the molecule is Cc1cccc(C)c1-n1cc2nc1n1c3nc(ccc3C(C)(C)c3ccccc3-1)n1c3cc(ccc3C(C)(C)c3ccccc3-1)n1c3cc2ccc3C(C)(C)c2ccccc2-1. The Morgan fingerprint density at radius 2 is 0.967 bits per heavy atom. The average Bonchev–Trinajstić information content (AvgIpc) is 3.67. The van der Waals surface area contributed by atoms with Crippen LogP contribution in [0.15, 0.2) is 146 Å². The summed E-state index contributed by atoms with van der Waals surface area (Å²) in [5, 5.41) is 1.06. The first kappa shape index (κ1) is 36.0. The number of hydrogen-bond acceptors (Lipinski definition) is 2. The summed E-state index contributed by atoms with van der Waals surface area (Å²) < 4.78 is 9.53. The van der Waals surface area contributed by atoms with Gasteiger partial charge >= 0.3 is 0 Å². The van der Waals surface area contributed by atoms with Gasteiger partial charge in [0.15, 0.2) is 0 Å². The Balaban J connectivity index is 1.41. The molecule has 9 aromatic rings. The molecule has 3 aromatic heterocycles. The highest BCUT2D eigenvalue weighted by Crippen LogP contribution is 2.47. The van der Waals surface area contributed by atoms with Crippen molar-refractivity contribution < 1.29 is 0 Å². The van der Waals surface area contributed by atoms with Crippen LogP contribution >= 0.6 is 0 Å². The fraction of sp³-hybridized carbons (Fsp3) is 0.200. The van der Waals surface area contributed by atoms with Crippen molar-refractivity contribution in [2.75, 3.05) is 0 Å². The lowest BCUT2D eigenvalue weighted by Gasteiger charge is -2.37. The van der Waals surface area contributed by atoms with Crippen LogP contribution in [0.5, 0.6) is 0 Å². The fourth-order valence-electron chi connectivity index (χ4n) is 11.1. The van der Waals surface area contributed by atoms with Crippen molar-refractivity contribution in [3.05, 3.63) is 190 Å². The second kappa shape index (κ2) is 12.1. The maximum absolute atomic E-state index is 5.85. The number of imidazole rings is 1. The minimum atomic E-state index is -0.330. The molecule has 0 atom stereocenters. The Morgan fingerprint density at radius 1 is 0.443 bits per heavy atom. The molecule has 3 aliphatic heterocycles. The molecule has 0 saturated carbocycles. The Morgan fingerprint density at radius 3 is 1.61 bits per heavy atom. The first-order chi connectivity index (χ1) is 29.4. The smallest absolute Gasteiger partial charge is 0.221 e. The largest absolute Gasteiger partial charge is 0.310 e. The summed E-state index contributed by atoms with van der Waals surface area (Å²) in [6.45, 7) is 18.5. The molecule has 0 radical (unpaired) electrons. The van der Waals surface area contributed by atoms with E-state index >= 15 is 0 Å². The summed E-state index contributed by atoms with van der Waals surface area (Å²) in [6.07, 6.45) is 2.24. The maximum atomic E-state index is 5.85. The molecule has 61 heavy (non-hydrogen) atoms. The molecular weight excluding hydrogens is 745 g/mol. The number of aryl methyl sites for hydroxylation is 2. The summed E-state index contributed by atoms with van der Waals surface area (Å²) in [7, 11) is 0. The van der Waals surface area contributed by atoms with Crippen molar-refractivity contribution in [3.63, 3.8) is 0 Å². The van der Waals surface area contributed by atoms with Crippen LogP contribution in [-0.2, 0) is 16.2 Å². The Labute approximate surface area is 356 Å². The van der Waals surface area contributed by atoms with Gasteiger partial charge in [0.25, 0.3) is 0 Å². The third-order valence-electron chi connectivity index (χ3n) is 14.4. The lowest BCUT2D eigenvalue weighted by Crippen LogP contribution is -2.29. The summed E-state index contributed by atoms with van der Waals surface area (Å²) >= 11 is 0. The van der Waals surface area contributed by atoms with Gasteiger partial charge in [-0.1, -0.05) is 139 Å². The molecule has 12 rings (SSSR count). The maximum Gasteiger partial charge on any atom is 0.221 e. The van der Waals surface area contributed by atoms with Gasteiger partial charge in [-0.3, -0.25) is 13.7 Å².